The largest absolute Gasteiger partial charge is 0.490 e. The number of hydrogen-bond donors (Lipinski definition) is 1. The molecular weight excluding hydrogens is 309 g/mol. The van der Waals surface area contributed by atoms with Crippen molar-refractivity contribution < 1.29 is 9.90 Å². The molecule has 1 N–H and O–H groups in total. The number of unbranched alkanes of at least 4 members (excludes halogenated alkanes) is 14. The maximum Gasteiger partial charge on any atom is 0.281 e. The Labute approximate surface area is 158 Å². The lowest BCUT2D eigenvalue weighted by Crippen LogP contribution is -2.37. The zero-order valence-electron chi connectivity index (χ0n) is 17.3. The van der Waals surface area contributed by atoms with Crippen molar-refractivity contribution in [3.8, 4) is 0 Å². The average molecular weight is 352 g/mol. The molecule has 0 fully saturated rings. The van der Waals surface area contributed by atoms with E-state index < -0.39 is 5.87 Å². The van der Waals surface area contributed by atoms with Crippen LogP contribution in [0, 0.1) is 0 Å². The molecule has 147 valence electrons. The van der Waals surface area contributed by atoms with Crippen molar-refractivity contribution in [3.05, 3.63) is 0 Å². The fraction of sp³-hybridized carbons (Fsp3) is 0.952. The third-order valence-electron chi connectivity index (χ3n) is 5.10. The Hall–Kier alpha value is -0.505. The smallest absolute Gasteiger partial charge is 0.281 e. The monoisotopic (exact) mass is 352 g/mol. The van der Waals surface area contributed by atoms with Gasteiger partial charge in [-0.15, -0.1) is 0 Å². The van der Waals surface area contributed by atoms with E-state index in [1.807, 2.05) is 19.0 Å². The summed E-state index contributed by atoms with van der Waals surface area (Å²) in [5, 5.41) is 8.88. The normalized spacial score (nSPS) is 12.5. The van der Waals surface area contributed by atoms with Gasteiger partial charge < -0.3 is 10.0 Å². The van der Waals surface area contributed by atoms with E-state index in [1.54, 1.807) is 0 Å². The third kappa shape index (κ3) is 18.1. The van der Waals surface area contributed by atoms with Crippen molar-refractivity contribution in [2.24, 2.45) is 0 Å². The van der Waals surface area contributed by atoms with Gasteiger partial charge in [0, 0.05) is 0 Å². The lowest BCUT2D eigenvalue weighted by molar-refractivity contribution is 0.217. The first-order chi connectivity index (χ1) is 12.1. The van der Waals surface area contributed by atoms with E-state index >= 15 is 0 Å². The summed E-state index contributed by atoms with van der Waals surface area (Å²) in [5.41, 5.74) is 0. The second kappa shape index (κ2) is 18.3. The van der Waals surface area contributed by atoms with Gasteiger partial charge in [0.05, 0.1) is 0 Å². The average Bonchev–Trinajstić information content (AvgIpc) is 2.56. The Morgan fingerprint density at radius 2 is 1.12 bits per heavy atom. The van der Waals surface area contributed by atoms with E-state index in [-0.39, 0.29) is 5.94 Å². The van der Waals surface area contributed by atoms with Crippen LogP contribution < -0.4 is 0 Å². The van der Waals surface area contributed by atoms with Gasteiger partial charge in [0.25, 0.3) is 7.28 Å². The Kier molecular flexibility index (Phi) is 17.9. The lowest BCUT2D eigenvalue weighted by Gasteiger charge is -2.21. The molecule has 0 saturated heterocycles. The molecule has 0 aliphatic carbocycles. The molecule has 0 aliphatic rings. The zero-order chi connectivity index (χ0) is 18.8. The van der Waals surface area contributed by atoms with Gasteiger partial charge in [-0.2, -0.15) is 0 Å². The Morgan fingerprint density at radius 3 is 1.44 bits per heavy atom. The Balaban J connectivity index is 3.26. The van der Waals surface area contributed by atoms with E-state index in [9.17, 15) is 4.79 Å². The SMILES string of the molecule is CCCCCCCCCCCCCCCCCC([B]C(=O)O)N(C)C. The first-order valence-electron chi connectivity index (χ1n) is 10.8. The molecule has 1 radical (unpaired) electrons. The number of nitrogens with zero attached hydrogens (tertiary/aromatic N) is 1. The van der Waals surface area contributed by atoms with Crippen molar-refractivity contribution in [3.63, 3.8) is 0 Å². The summed E-state index contributed by atoms with van der Waals surface area (Å²) in [6.45, 7) is 2.28. The molecule has 0 rings (SSSR count). The van der Waals surface area contributed by atoms with E-state index in [0.717, 1.165) is 12.8 Å². The minimum absolute atomic E-state index is 0.0690. The van der Waals surface area contributed by atoms with Gasteiger partial charge in [0.1, 0.15) is 0 Å². The van der Waals surface area contributed by atoms with Gasteiger partial charge in [-0.1, -0.05) is 103 Å². The quantitative estimate of drug-likeness (QED) is 0.212. The van der Waals surface area contributed by atoms with E-state index in [4.69, 9.17) is 5.11 Å². The number of hydrogen-bond acceptors (Lipinski definition) is 2. The van der Waals surface area contributed by atoms with E-state index in [1.165, 1.54) is 97.2 Å². The molecule has 25 heavy (non-hydrogen) atoms. The summed E-state index contributed by atoms with van der Waals surface area (Å²) < 4.78 is 0. The molecular formula is C21H43BNO2. The summed E-state index contributed by atoms with van der Waals surface area (Å²) in [7, 11) is 5.33. The minimum Gasteiger partial charge on any atom is -0.490 e. The van der Waals surface area contributed by atoms with Crippen LogP contribution in [0.15, 0.2) is 0 Å². The lowest BCUT2D eigenvalue weighted by atomic mass is 9.67. The summed E-state index contributed by atoms with van der Waals surface area (Å²) >= 11 is 0. The molecule has 0 aromatic heterocycles. The van der Waals surface area contributed by atoms with Gasteiger partial charge >= 0.3 is 0 Å². The molecule has 0 spiro atoms. The summed E-state index contributed by atoms with van der Waals surface area (Å²) in [6.07, 6.45) is 21.5. The van der Waals surface area contributed by atoms with Gasteiger partial charge in [-0.05, 0) is 26.5 Å². The van der Waals surface area contributed by atoms with Gasteiger partial charge in [0.2, 0.25) is 5.87 Å². The van der Waals surface area contributed by atoms with Gasteiger partial charge in [0.15, 0.2) is 0 Å². The third-order valence-corrected chi connectivity index (χ3v) is 5.10. The second-order valence-electron chi connectivity index (χ2n) is 7.77. The van der Waals surface area contributed by atoms with Crippen molar-refractivity contribution in [2.45, 2.75) is 116 Å². The highest BCUT2D eigenvalue weighted by Gasteiger charge is 2.17. The number of rotatable bonds is 19. The molecule has 1 atom stereocenters. The van der Waals surface area contributed by atoms with Crippen LogP contribution in [-0.4, -0.2) is 43.2 Å². The van der Waals surface area contributed by atoms with Crippen LogP contribution in [0.1, 0.15) is 110 Å². The molecule has 0 bridgehead atoms. The van der Waals surface area contributed by atoms with Crippen LogP contribution >= 0.6 is 0 Å². The van der Waals surface area contributed by atoms with Crippen molar-refractivity contribution in [1.29, 1.82) is 0 Å². The highest BCUT2D eigenvalue weighted by atomic mass is 16.4. The van der Waals surface area contributed by atoms with Crippen LogP contribution in [0.4, 0.5) is 4.79 Å². The predicted octanol–water partition coefficient (Wildman–Crippen LogP) is 6.52. The van der Waals surface area contributed by atoms with Crippen LogP contribution in [0.25, 0.3) is 0 Å². The first kappa shape index (κ1) is 24.5. The van der Waals surface area contributed by atoms with Crippen LogP contribution in [0.3, 0.4) is 0 Å². The summed E-state index contributed by atoms with van der Waals surface area (Å²) in [6, 6.07) is 0. The van der Waals surface area contributed by atoms with Crippen LogP contribution in [0.5, 0.6) is 0 Å². The number of carbonyl (C=O) groups is 1. The maximum absolute atomic E-state index is 10.8. The van der Waals surface area contributed by atoms with E-state index in [0.29, 0.717) is 0 Å². The number of carboxylic acid groups (broad SMARTS) is 1. The van der Waals surface area contributed by atoms with Crippen LogP contribution in [-0.2, 0) is 0 Å². The summed E-state index contributed by atoms with van der Waals surface area (Å²) in [5.74, 6) is -0.737. The van der Waals surface area contributed by atoms with Crippen LogP contribution in [0.2, 0.25) is 0 Å². The topological polar surface area (TPSA) is 40.5 Å². The summed E-state index contributed by atoms with van der Waals surface area (Å²) in [4.78, 5) is 12.8. The second-order valence-corrected chi connectivity index (χ2v) is 7.77. The Bertz CT molecular complexity index is 298. The highest BCUT2D eigenvalue weighted by Crippen LogP contribution is 2.14. The van der Waals surface area contributed by atoms with Crippen molar-refractivity contribution >= 4 is 13.1 Å². The molecule has 0 saturated carbocycles. The highest BCUT2D eigenvalue weighted by molar-refractivity contribution is 6.72. The Morgan fingerprint density at radius 1 is 0.760 bits per heavy atom. The van der Waals surface area contributed by atoms with E-state index in [2.05, 4.69) is 6.92 Å². The van der Waals surface area contributed by atoms with Gasteiger partial charge in [-0.3, -0.25) is 4.79 Å². The maximum atomic E-state index is 10.8. The molecule has 0 aliphatic heterocycles. The first-order valence-corrected chi connectivity index (χ1v) is 10.8. The van der Waals surface area contributed by atoms with Gasteiger partial charge in [-0.25, -0.2) is 0 Å². The standard InChI is InChI=1S/C21H43BNO2/c1-4-5-6-7-8-9-10-11-12-13-14-15-16-17-18-19-20(23(2)3)22-21(24)25/h20H,4-19H2,1-3H3,(H,24,25). The zero-order valence-corrected chi connectivity index (χ0v) is 17.3. The fourth-order valence-electron chi connectivity index (χ4n) is 3.38. The minimum atomic E-state index is -0.806. The van der Waals surface area contributed by atoms with Crippen molar-refractivity contribution in [1.82, 2.24) is 4.90 Å². The van der Waals surface area contributed by atoms with Crippen molar-refractivity contribution in [2.75, 3.05) is 14.1 Å². The molecule has 4 heteroatoms. The molecule has 0 amide bonds. The molecule has 0 aromatic rings. The molecule has 3 nitrogen and oxygen atoms in total. The molecule has 0 aromatic carbocycles. The predicted molar refractivity (Wildman–Crippen MR) is 111 cm³/mol. The molecule has 1 unspecified atom stereocenters. The molecule has 0 heterocycles. The fourth-order valence-corrected chi connectivity index (χ4v) is 3.38.